The lowest BCUT2D eigenvalue weighted by Gasteiger charge is -2.13. The van der Waals surface area contributed by atoms with E-state index in [1.165, 1.54) is 4.57 Å². The van der Waals surface area contributed by atoms with Crippen LogP contribution in [0, 0.1) is 11.6 Å². The number of rotatable bonds is 5. The highest BCUT2D eigenvalue weighted by Crippen LogP contribution is 2.27. The van der Waals surface area contributed by atoms with E-state index in [4.69, 9.17) is 11.6 Å². The number of hydrogen-bond donors (Lipinski definition) is 1. The van der Waals surface area contributed by atoms with Gasteiger partial charge in [0.15, 0.2) is 0 Å². The molecule has 0 saturated carbocycles. The van der Waals surface area contributed by atoms with Gasteiger partial charge in [-0.3, -0.25) is 9.36 Å². The second kappa shape index (κ2) is 8.65. The minimum absolute atomic E-state index is 0.0818. The molecule has 4 aromatic rings. The maximum atomic E-state index is 13.3. The molecule has 5 nitrogen and oxygen atoms in total. The van der Waals surface area contributed by atoms with Gasteiger partial charge in [0.05, 0.1) is 11.2 Å². The van der Waals surface area contributed by atoms with Crippen molar-refractivity contribution in [3.8, 4) is 11.3 Å². The predicted molar refractivity (Wildman–Crippen MR) is 115 cm³/mol. The molecule has 31 heavy (non-hydrogen) atoms. The van der Waals surface area contributed by atoms with Gasteiger partial charge in [0.25, 0.3) is 0 Å². The van der Waals surface area contributed by atoms with Crippen molar-refractivity contribution < 1.29 is 13.6 Å². The second-order valence-electron chi connectivity index (χ2n) is 6.91. The number of nitrogens with one attached hydrogen (secondary N) is 1. The Labute approximate surface area is 180 Å². The smallest absolute Gasteiger partial charge is 0.349 e. The highest BCUT2D eigenvalue weighted by molar-refractivity contribution is 6.31. The van der Waals surface area contributed by atoms with E-state index in [1.54, 1.807) is 18.2 Å². The van der Waals surface area contributed by atoms with Gasteiger partial charge in [-0.1, -0.05) is 41.9 Å². The van der Waals surface area contributed by atoms with Crippen LogP contribution < -0.4 is 11.0 Å². The molecule has 4 rings (SSSR count). The fourth-order valence-electron chi connectivity index (χ4n) is 3.33. The van der Waals surface area contributed by atoms with Crippen LogP contribution in [0.2, 0.25) is 5.02 Å². The van der Waals surface area contributed by atoms with E-state index in [1.807, 2.05) is 30.3 Å². The molecule has 0 spiro atoms. The number of carbonyl (C=O) groups is 1. The Bertz CT molecular complexity index is 1320. The van der Waals surface area contributed by atoms with Crippen molar-refractivity contribution in [2.45, 2.75) is 13.1 Å². The van der Waals surface area contributed by atoms with Crippen LogP contribution in [0.25, 0.3) is 22.2 Å². The molecular formula is C23H16ClF2N3O2. The van der Waals surface area contributed by atoms with Gasteiger partial charge in [-0.05, 0) is 35.9 Å². The minimum Gasteiger partial charge on any atom is -0.350 e. The van der Waals surface area contributed by atoms with Gasteiger partial charge >= 0.3 is 5.69 Å². The molecule has 0 atom stereocenters. The molecule has 1 amide bonds. The molecule has 3 aromatic carbocycles. The zero-order chi connectivity index (χ0) is 22.0. The number of aromatic nitrogens is 2. The van der Waals surface area contributed by atoms with Crippen molar-refractivity contribution >= 4 is 28.4 Å². The number of nitrogens with zero attached hydrogens (tertiary/aromatic N) is 2. The van der Waals surface area contributed by atoms with E-state index in [-0.39, 0.29) is 18.7 Å². The monoisotopic (exact) mass is 439 g/mol. The molecule has 1 heterocycles. The molecule has 1 aromatic heterocycles. The molecule has 0 radical (unpaired) electrons. The van der Waals surface area contributed by atoms with Gasteiger partial charge < -0.3 is 5.32 Å². The van der Waals surface area contributed by atoms with Crippen LogP contribution in [-0.2, 0) is 17.9 Å². The fraction of sp³-hybridized carbons (Fsp3) is 0.0870. The lowest BCUT2D eigenvalue weighted by Crippen LogP contribution is -2.33. The maximum Gasteiger partial charge on any atom is 0.349 e. The molecule has 0 aliphatic rings. The number of halogens is 3. The Kier molecular flexibility index (Phi) is 5.77. The average molecular weight is 440 g/mol. The molecule has 0 unspecified atom stereocenters. The van der Waals surface area contributed by atoms with Gasteiger partial charge in [-0.25, -0.2) is 13.6 Å². The first-order chi connectivity index (χ1) is 14.9. The van der Waals surface area contributed by atoms with E-state index in [0.717, 1.165) is 23.8 Å². The summed E-state index contributed by atoms with van der Waals surface area (Å²) in [4.78, 5) is 29.4. The average Bonchev–Trinajstić information content (AvgIpc) is 2.74. The van der Waals surface area contributed by atoms with Crippen molar-refractivity contribution in [1.82, 2.24) is 14.9 Å². The molecule has 0 aliphatic heterocycles. The zero-order valence-corrected chi connectivity index (χ0v) is 16.9. The number of amides is 1. The zero-order valence-electron chi connectivity index (χ0n) is 16.1. The lowest BCUT2D eigenvalue weighted by molar-refractivity contribution is -0.121. The molecule has 0 aliphatic carbocycles. The first-order valence-corrected chi connectivity index (χ1v) is 9.76. The van der Waals surface area contributed by atoms with Crippen LogP contribution >= 0.6 is 11.6 Å². The van der Waals surface area contributed by atoms with Gasteiger partial charge in [0, 0.05) is 28.6 Å². The Morgan fingerprint density at radius 3 is 2.42 bits per heavy atom. The first kappa shape index (κ1) is 20.7. The number of hydrogen-bond acceptors (Lipinski definition) is 3. The SMILES string of the molecule is O=C(Cn1c(=O)nc(-c2ccccc2)c2cc(Cl)ccc21)NCc1cc(F)cc(F)c1. The Balaban J connectivity index is 1.65. The first-order valence-electron chi connectivity index (χ1n) is 9.38. The highest BCUT2D eigenvalue weighted by atomic mass is 35.5. The number of fused-ring (bicyclic) bond motifs is 1. The summed E-state index contributed by atoms with van der Waals surface area (Å²) in [5.41, 5.74) is 1.38. The van der Waals surface area contributed by atoms with E-state index < -0.39 is 23.2 Å². The van der Waals surface area contributed by atoms with Crippen LogP contribution in [0.15, 0.2) is 71.5 Å². The van der Waals surface area contributed by atoms with Crippen molar-refractivity contribution in [2.75, 3.05) is 0 Å². The third-order valence-corrected chi connectivity index (χ3v) is 4.94. The van der Waals surface area contributed by atoms with Crippen molar-refractivity contribution in [3.63, 3.8) is 0 Å². The van der Waals surface area contributed by atoms with Crippen molar-refractivity contribution in [3.05, 3.63) is 99.4 Å². The molecule has 156 valence electrons. The highest BCUT2D eigenvalue weighted by Gasteiger charge is 2.15. The van der Waals surface area contributed by atoms with Gasteiger partial charge in [0.2, 0.25) is 5.91 Å². The van der Waals surface area contributed by atoms with Crippen LogP contribution in [0.1, 0.15) is 5.56 Å². The van der Waals surface area contributed by atoms with Gasteiger partial charge in [-0.15, -0.1) is 0 Å². The van der Waals surface area contributed by atoms with Gasteiger partial charge in [0.1, 0.15) is 18.2 Å². The van der Waals surface area contributed by atoms with Crippen LogP contribution in [-0.4, -0.2) is 15.5 Å². The van der Waals surface area contributed by atoms with E-state index in [2.05, 4.69) is 10.3 Å². The minimum atomic E-state index is -0.732. The largest absolute Gasteiger partial charge is 0.350 e. The summed E-state index contributed by atoms with van der Waals surface area (Å²) in [6.07, 6.45) is 0. The number of benzene rings is 3. The summed E-state index contributed by atoms with van der Waals surface area (Å²) in [6, 6.07) is 17.2. The summed E-state index contributed by atoms with van der Waals surface area (Å²) >= 11 is 6.16. The third-order valence-electron chi connectivity index (χ3n) is 4.70. The van der Waals surface area contributed by atoms with Gasteiger partial charge in [-0.2, -0.15) is 4.98 Å². The molecule has 8 heteroatoms. The Morgan fingerprint density at radius 1 is 1.00 bits per heavy atom. The van der Waals surface area contributed by atoms with E-state index in [0.29, 0.717) is 21.6 Å². The molecular weight excluding hydrogens is 424 g/mol. The lowest BCUT2D eigenvalue weighted by atomic mass is 10.1. The van der Waals surface area contributed by atoms with Crippen LogP contribution in [0.3, 0.4) is 0 Å². The Morgan fingerprint density at radius 2 is 1.71 bits per heavy atom. The fourth-order valence-corrected chi connectivity index (χ4v) is 3.51. The van der Waals surface area contributed by atoms with E-state index >= 15 is 0 Å². The normalized spacial score (nSPS) is 10.9. The molecule has 0 bridgehead atoms. The predicted octanol–water partition coefficient (Wildman–Crippen LogP) is 4.31. The summed E-state index contributed by atoms with van der Waals surface area (Å²) in [7, 11) is 0. The standard InChI is InChI=1S/C23H16ClF2N3O2/c24-16-6-7-20-19(10-16)22(15-4-2-1-3-5-15)28-23(31)29(20)13-21(30)27-12-14-8-17(25)11-18(26)9-14/h1-11H,12-13H2,(H,27,30). The summed E-state index contributed by atoms with van der Waals surface area (Å²) < 4.78 is 27.9. The van der Waals surface area contributed by atoms with Crippen molar-refractivity contribution in [2.24, 2.45) is 0 Å². The summed E-state index contributed by atoms with van der Waals surface area (Å²) in [5, 5.41) is 3.66. The second-order valence-corrected chi connectivity index (χ2v) is 7.35. The quantitative estimate of drug-likeness (QED) is 0.504. The number of carbonyl (C=O) groups excluding carboxylic acids is 1. The topological polar surface area (TPSA) is 64.0 Å². The third kappa shape index (κ3) is 4.62. The molecule has 1 N–H and O–H groups in total. The Hall–Kier alpha value is -3.58. The summed E-state index contributed by atoms with van der Waals surface area (Å²) in [5.74, 6) is -1.97. The van der Waals surface area contributed by atoms with Crippen LogP contribution in [0.5, 0.6) is 0 Å². The summed E-state index contributed by atoms with van der Waals surface area (Å²) in [6.45, 7) is -0.390. The molecule has 0 saturated heterocycles. The maximum absolute atomic E-state index is 13.3. The van der Waals surface area contributed by atoms with Crippen molar-refractivity contribution in [1.29, 1.82) is 0 Å². The van der Waals surface area contributed by atoms with E-state index in [9.17, 15) is 18.4 Å². The van der Waals surface area contributed by atoms with Crippen LogP contribution in [0.4, 0.5) is 8.78 Å². The molecule has 0 fully saturated rings.